The van der Waals surface area contributed by atoms with E-state index < -0.39 is 0 Å². The second kappa shape index (κ2) is 9.71. The average molecular weight is 512 g/mol. The molecular weight excluding hydrogens is 486 g/mol. The van der Waals surface area contributed by atoms with E-state index in [2.05, 4.69) is 56.0 Å². The Hall–Kier alpha value is -4.17. The molecule has 6 rings (SSSR count). The summed E-state index contributed by atoms with van der Waals surface area (Å²) in [6, 6.07) is 23.3. The maximum absolute atomic E-state index is 13.0. The van der Waals surface area contributed by atoms with Crippen molar-refractivity contribution < 1.29 is 4.79 Å². The van der Waals surface area contributed by atoms with Gasteiger partial charge in [-0.3, -0.25) is 0 Å². The van der Waals surface area contributed by atoms with Crippen molar-refractivity contribution in [1.82, 2.24) is 24.5 Å². The molecule has 3 aromatic carbocycles. The van der Waals surface area contributed by atoms with Crippen LogP contribution in [0.1, 0.15) is 12.0 Å². The minimum absolute atomic E-state index is 0.134. The molecule has 1 saturated heterocycles. The first-order valence-corrected chi connectivity index (χ1v) is 12.7. The van der Waals surface area contributed by atoms with Crippen LogP contribution in [0.25, 0.3) is 27.9 Å². The summed E-state index contributed by atoms with van der Waals surface area (Å²) in [7, 11) is 0. The number of hydrogen-bond donors (Lipinski definition) is 1. The molecule has 1 aliphatic heterocycles. The van der Waals surface area contributed by atoms with Crippen LogP contribution in [0.4, 0.5) is 16.4 Å². The number of para-hydroxylation sites is 1. The van der Waals surface area contributed by atoms with Crippen LogP contribution in [-0.2, 0) is 0 Å². The number of nitrogens with zero attached hydrogens (tertiary/aromatic N) is 6. The van der Waals surface area contributed by atoms with Crippen LogP contribution in [0.3, 0.4) is 0 Å². The van der Waals surface area contributed by atoms with Crippen LogP contribution in [0.2, 0.25) is 5.02 Å². The maximum Gasteiger partial charge on any atom is 0.321 e. The van der Waals surface area contributed by atoms with Gasteiger partial charge in [0.05, 0.1) is 5.52 Å². The highest BCUT2D eigenvalue weighted by Gasteiger charge is 2.24. The lowest BCUT2D eigenvalue weighted by Crippen LogP contribution is -2.38. The number of amides is 2. The SMILES string of the molecule is Cc1ccc(-c2nnc3c4ccccc4nc(N4CCCN(C(=O)Nc5cccc(Cl)c5)CC4)n23)cc1. The zero-order valence-electron chi connectivity index (χ0n) is 20.4. The predicted molar refractivity (Wildman–Crippen MR) is 147 cm³/mol. The number of carbonyl (C=O) groups is 1. The van der Waals surface area contributed by atoms with Crippen molar-refractivity contribution in [2.24, 2.45) is 0 Å². The summed E-state index contributed by atoms with van der Waals surface area (Å²) in [6.07, 6.45) is 0.807. The third-order valence-electron chi connectivity index (χ3n) is 6.68. The maximum atomic E-state index is 13.0. The largest absolute Gasteiger partial charge is 0.340 e. The van der Waals surface area contributed by atoms with Crippen LogP contribution < -0.4 is 10.2 Å². The molecule has 0 spiro atoms. The zero-order valence-corrected chi connectivity index (χ0v) is 21.2. The van der Waals surface area contributed by atoms with Gasteiger partial charge in [0, 0.05) is 47.8 Å². The molecule has 0 saturated carbocycles. The summed E-state index contributed by atoms with van der Waals surface area (Å²) in [4.78, 5) is 22.1. The van der Waals surface area contributed by atoms with Gasteiger partial charge in [0.2, 0.25) is 5.95 Å². The summed E-state index contributed by atoms with van der Waals surface area (Å²) in [5.41, 5.74) is 4.49. The summed E-state index contributed by atoms with van der Waals surface area (Å²) in [5, 5.41) is 13.7. The molecular formula is C28H26ClN7O. The second-order valence-corrected chi connectivity index (χ2v) is 9.68. The third-order valence-corrected chi connectivity index (χ3v) is 6.92. The first-order valence-electron chi connectivity index (χ1n) is 12.3. The Balaban J connectivity index is 1.34. The summed E-state index contributed by atoms with van der Waals surface area (Å²) >= 11 is 6.08. The van der Waals surface area contributed by atoms with E-state index in [1.807, 2.05) is 41.3 Å². The van der Waals surface area contributed by atoms with Gasteiger partial charge in [-0.25, -0.2) is 14.2 Å². The molecule has 0 bridgehead atoms. The highest BCUT2D eigenvalue weighted by atomic mass is 35.5. The van der Waals surface area contributed by atoms with Crippen molar-refractivity contribution in [2.45, 2.75) is 13.3 Å². The fourth-order valence-electron chi connectivity index (χ4n) is 4.76. The number of aromatic nitrogens is 4. The Morgan fingerprint density at radius 3 is 2.59 bits per heavy atom. The molecule has 9 heteroatoms. The Bertz CT molecular complexity index is 1600. The molecule has 0 atom stereocenters. The molecule has 3 heterocycles. The van der Waals surface area contributed by atoms with E-state index >= 15 is 0 Å². The number of fused-ring (bicyclic) bond motifs is 3. The van der Waals surface area contributed by atoms with E-state index in [4.69, 9.17) is 16.6 Å². The van der Waals surface area contributed by atoms with E-state index in [0.29, 0.717) is 30.3 Å². The number of urea groups is 1. The van der Waals surface area contributed by atoms with Gasteiger partial charge < -0.3 is 15.1 Å². The van der Waals surface area contributed by atoms with Crippen molar-refractivity contribution in [3.8, 4) is 11.4 Å². The lowest BCUT2D eigenvalue weighted by Gasteiger charge is -2.24. The quantitative estimate of drug-likeness (QED) is 0.338. The van der Waals surface area contributed by atoms with Crippen LogP contribution in [0.5, 0.6) is 0 Å². The van der Waals surface area contributed by atoms with Crippen molar-refractivity contribution in [3.63, 3.8) is 0 Å². The molecule has 0 radical (unpaired) electrons. The number of anilines is 2. The Labute approximate surface area is 219 Å². The zero-order chi connectivity index (χ0) is 25.4. The minimum atomic E-state index is -0.134. The number of halogens is 1. The number of rotatable bonds is 3. The van der Waals surface area contributed by atoms with E-state index in [9.17, 15) is 4.79 Å². The second-order valence-electron chi connectivity index (χ2n) is 9.25. The van der Waals surface area contributed by atoms with Crippen LogP contribution in [0, 0.1) is 6.92 Å². The molecule has 186 valence electrons. The molecule has 1 aliphatic rings. The normalized spacial score (nSPS) is 14.2. The van der Waals surface area contributed by atoms with Gasteiger partial charge in [-0.2, -0.15) is 0 Å². The topological polar surface area (TPSA) is 78.7 Å². The van der Waals surface area contributed by atoms with Crippen molar-refractivity contribution in [2.75, 3.05) is 36.4 Å². The lowest BCUT2D eigenvalue weighted by molar-refractivity contribution is 0.215. The standard InChI is InChI=1S/C28H26ClN7O/c1-19-10-12-20(13-11-19)25-32-33-26-23-8-2-3-9-24(23)31-27(36(25)26)34-14-5-15-35(17-16-34)28(37)30-22-7-4-6-21(29)18-22/h2-4,6-13,18H,5,14-17H2,1H3,(H,30,37). The van der Waals surface area contributed by atoms with Crippen molar-refractivity contribution in [1.29, 1.82) is 0 Å². The molecule has 0 unspecified atom stereocenters. The number of benzene rings is 3. The minimum Gasteiger partial charge on any atom is -0.340 e. The number of nitrogens with one attached hydrogen (secondary N) is 1. The van der Waals surface area contributed by atoms with Gasteiger partial charge in [0.15, 0.2) is 11.5 Å². The van der Waals surface area contributed by atoms with Gasteiger partial charge >= 0.3 is 6.03 Å². The highest BCUT2D eigenvalue weighted by Crippen LogP contribution is 2.29. The Kier molecular flexibility index (Phi) is 6.10. The molecule has 1 N–H and O–H groups in total. The van der Waals surface area contributed by atoms with Crippen LogP contribution in [0.15, 0.2) is 72.8 Å². The number of hydrogen-bond acceptors (Lipinski definition) is 5. The fraction of sp³-hybridized carbons (Fsp3) is 0.214. The van der Waals surface area contributed by atoms with Gasteiger partial charge in [0.25, 0.3) is 0 Å². The van der Waals surface area contributed by atoms with Gasteiger partial charge in [0.1, 0.15) is 0 Å². The average Bonchev–Trinajstić information content (AvgIpc) is 3.20. The smallest absolute Gasteiger partial charge is 0.321 e. The summed E-state index contributed by atoms with van der Waals surface area (Å²) in [5.74, 6) is 1.54. The first-order chi connectivity index (χ1) is 18.1. The summed E-state index contributed by atoms with van der Waals surface area (Å²) in [6.45, 7) is 4.66. The molecule has 8 nitrogen and oxygen atoms in total. The van der Waals surface area contributed by atoms with Crippen molar-refractivity contribution >= 4 is 45.8 Å². The van der Waals surface area contributed by atoms with Gasteiger partial charge in [-0.1, -0.05) is 59.6 Å². The third kappa shape index (κ3) is 4.56. The van der Waals surface area contributed by atoms with Crippen molar-refractivity contribution in [3.05, 3.63) is 83.4 Å². The Morgan fingerprint density at radius 1 is 0.919 bits per heavy atom. The fourth-order valence-corrected chi connectivity index (χ4v) is 4.95. The van der Waals surface area contributed by atoms with E-state index in [-0.39, 0.29) is 6.03 Å². The predicted octanol–water partition coefficient (Wildman–Crippen LogP) is 5.65. The lowest BCUT2D eigenvalue weighted by atomic mass is 10.1. The molecule has 0 aliphatic carbocycles. The van der Waals surface area contributed by atoms with E-state index in [1.54, 1.807) is 12.1 Å². The highest BCUT2D eigenvalue weighted by molar-refractivity contribution is 6.30. The number of aryl methyl sites for hydroxylation is 1. The monoisotopic (exact) mass is 511 g/mol. The summed E-state index contributed by atoms with van der Waals surface area (Å²) < 4.78 is 2.05. The van der Waals surface area contributed by atoms with Gasteiger partial charge in [-0.05, 0) is 43.7 Å². The molecule has 37 heavy (non-hydrogen) atoms. The van der Waals surface area contributed by atoms with Crippen LogP contribution >= 0.6 is 11.6 Å². The van der Waals surface area contributed by atoms with E-state index in [0.717, 1.165) is 46.9 Å². The van der Waals surface area contributed by atoms with Gasteiger partial charge in [-0.15, -0.1) is 10.2 Å². The molecule has 2 amide bonds. The van der Waals surface area contributed by atoms with E-state index in [1.165, 1.54) is 5.56 Å². The molecule has 2 aromatic heterocycles. The molecule has 1 fully saturated rings. The first kappa shape index (κ1) is 23.2. The number of carbonyl (C=O) groups excluding carboxylic acids is 1. The Morgan fingerprint density at radius 2 is 1.76 bits per heavy atom. The molecule has 5 aromatic rings. The van der Waals surface area contributed by atoms with Crippen LogP contribution in [-0.4, -0.2) is 56.7 Å².